The number of nitrogens with zero attached hydrogens (tertiary/aromatic N) is 4. The quantitative estimate of drug-likeness (QED) is 0.709. The molecule has 0 spiro atoms. The van der Waals surface area contributed by atoms with Crippen molar-refractivity contribution in [1.29, 1.82) is 0 Å². The number of hydrogen-bond donors (Lipinski definition) is 1. The molecule has 2 aromatic heterocycles. The molecule has 0 saturated carbocycles. The Bertz CT molecular complexity index is 875. The molecule has 2 amide bonds. The topological polar surface area (TPSA) is 76.2 Å². The molecule has 1 saturated heterocycles. The van der Waals surface area contributed by atoms with Gasteiger partial charge in [0.1, 0.15) is 6.26 Å². The zero-order valence-electron chi connectivity index (χ0n) is 15.8. The summed E-state index contributed by atoms with van der Waals surface area (Å²) in [6.45, 7) is 2.03. The summed E-state index contributed by atoms with van der Waals surface area (Å²) >= 11 is 0. The van der Waals surface area contributed by atoms with E-state index in [4.69, 9.17) is 4.42 Å². The highest BCUT2D eigenvalue weighted by molar-refractivity contribution is 5.74. The van der Waals surface area contributed by atoms with E-state index >= 15 is 0 Å². The normalized spacial score (nSPS) is 16.9. The van der Waals surface area contributed by atoms with Crippen LogP contribution in [0.25, 0.3) is 11.5 Å². The number of rotatable bonds is 6. The van der Waals surface area contributed by atoms with Crippen LogP contribution < -0.4 is 5.32 Å². The molecule has 4 rings (SSSR count). The van der Waals surface area contributed by atoms with Crippen LogP contribution in [-0.4, -0.2) is 38.1 Å². The Morgan fingerprint density at radius 1 is 1.25 bits per heavy atom. The molecule has 0 unspecified atom stereocenters. The van der Waals surface area contributed by atoms with Crippen molar-refractivity contribution in [3.63, 3.8) is 0 Å². The largest absolute Gasteiger partial charge is 0.444 e. The van der Waals surface area contributed by atoms with Crippen LogP contribution in [0.2, 0.25) is 0 Å². The Hall–Kier alpha value is -3.09. The van der Waals surface area contributed by atoms with Gasteiger partial charge in [0.25, 0.3) is 0 Å². The van der Waals surface area contributed by atoms with Gasteiger partial charge in [0.2, 0.25) is 5.89 Å². The third-order valence-corrected chi connectivity index (χ3v) is 5.16. The smallest absolute Gasteiger partial charge is 0.317 e. The molecule has 1 aromatic carbocycles. The second kappa shape index (κ2) is 8.73. The maximum absolute atomic E-state index is 12.8. The predicted octanol–water partition coefficient (Wildman–Crippen LogP) is 3.69. The lowest BCUT2D eigenvalue weighted by Crippen LogP contribution is -2.48. The summed E-state index contributed by atoms with van der Waals surface area (Å²) < 4.78 is 7.61. The lowest BCUT2D eigenvalue weighted by atomic mass is 10.00. The van der Waals surface area contributed by atoms with Gasteiger partial charge >= 0.3 is 6.03 Å². The fourth-order valence-electron chi connectivity index (χ4n) is 3.65. The number of piperidine rings is 1. The minimum absolute atomic E-state index is 0.0282. The van der Waals surface area contributed by atoms with Crippen LogP contribution in [0.15, 0.2) is 59.7 Å². The Labute approximate surface area is 164 Å². The molecule has 7 nitrogen and oxygen atoms in total. The second-order valence-electron chi connectivity index (χ2n) is 7.10. The number of amides is 2. The van der Waals surface area contributed by atoms with Crippen LogP contribution in [0.1, 0.15) is 31.4 Å². The first kappa shape index (κ1) is 18.3. The molecular formula is C21H25N5O2. The van der Waals surface area contributed by atoms with Crippen molar-refractivity contribution in [2.75, 3.05) is 6.54 Å². The van der Waals surface area contributed by atoms with Gasteiger partial charge in [-0.3, -0.25) is 0 Å². The highest BCUT2D eigenvalue weighted by Gasteiger charge is 2.26. The van der Waals surface area contributed by atoms with E-state index in [0.29, 0.717) is 12.4 Å². The van der Waals surface area contributed by atoms with Crippen LogP contribution in [0, 0.1) is 0 Å². The summed E-state index contributed by atoms with van der Waals surface area (Å²) in [7, 11) is 0. The average Bonchev–Trinajstić information content (AvgIpc) is 3.43. The summed E-state index contributed by atoms with van der Waals surface area (Å²) in [5.41, 5.74) is 1.65. The first-order chi connectivity index (χ1) is 13.8. The molecule has 0 aliphatic carbocycles. The molecule has 0 radical (unpaired) electrons. The van der Waals surface area contributed by atoms with E-state index in [1.807, 2.05) is 47.8 Å². The van der Waals surface area contributed by atoms with Gasteiger partial charge in [-0.2, -0.15) is 0 Å². The van der Waals surface area contributed by atoms with Crippen molar-refractivity contribution in [2.45, 2.75) is 44.8 Å². The predicted molar refractivity (Wildman–Crippen MR) is 105 cm³/mol. The van der Waals surface area contributed by atoms with Gasteiger partial charge < -0.3 is 19.2 Å². The number of aromatic nitrogens is 3. The van der Waals surface area contributed by atoms with Gasteiger partial charge in [0.15, 0.2) is 0 Å². The summed E-state index contributed by atoms with van der Waals surface area (Å²) in [5.74, 6) is 0.570. The third-order valence-electron chi connectivity index (χ3n) is 5.16. The van der Waals surface area contributed by atoms with Crippen molar-refractivity contribution in [2.24, 2.45) is 0 Å². The van der Waals surface area contributed by atoms with E-state index in [-0.39, 0.29) is 12.1 Å². The molecule has 146 valence electrons. The summed E-state index contributed by atoms with van der Waals surface area (Å²) in [6.07, 6.45) is 11.4. The van der Waals surface area contributed by atoms with Crippen LogP contribution in [0.5, 0.6) is 0 Å². The van der Waals surface area contributed by atoms with E-state index < -0.39 is 0 Å². The monoisotopic (exact) mass is 379 g/mol. The van der Waals surface area contributed by atoms with Crippen molar-refractivity contribution >= 4 is 6.03 Å². The highest BCUT2D eigenvalue weighted by Crippen LogP contribution is 2.21. The number of urea groups is 1. The molecule has 1 aliphatic rings. The van der Waals surface area contributed by atoms with E-state index in [9.17, 15) is 4.79 Å². The molecule has 1 atom stereocenters. The number of aryl methyl sites for hydroxylation is 1. The fourth-order valence-corrected chi connectivity index (χ4v) is 3.65. The minimum Gasteiger partial charge on any atom is -0.444 e. The molecule has 7 heteroatoms. The van der Waals surface area contributed by atoms with E-state index in [1.54, 1.807) is 12.5 Å². The molecule has 3 heterocycles. The molecule has 28 heavy (non-hydrogen) atoms. The second-order valence-corrected chi connectivity index (χ2v) is 7.10. The number of benzene rings is 1. The summed E-state index contributed by atoms with van der Waals surface area (Å²) in [6, 6.07) is 9.98. The molecule has 1 N–H and O–H groups in total. The van der Waals surface area contributed by atoms with Crippen molar-refractivity contribution in [1.82, 2.24) is 24.8 Å². The number of oxazole rings is 1. The van der Waals surface area contributed by atoms with Crippen molar-refractivity contribution < 1.29 is 9.21 Å². The zero-order chi connectivity index (χ0) is 19.2. The third kappa shape index (κ3) is 4.42. The summed E-state index contributed by atoms with van der Waals surface area (Å²) in [5, 5.41) is 3.00. The number of carbonyl (C=O) groups excluding carboxylic acids is 1. The van der Waals surface area contributed by atoms with Gasteiger partial charge in [0.05, 0.1) is 18.6 Å². The first-order valence-electron chi connectivity index (χ1n) is 9.79. The number of hydrogen-bond acceptors (Lipinski definition) is 4. The van der Waals surface area contributed by atoms with E-state index in [1.165, 1.54) is 6.42 Å². The van der Waals surface area contributed by atoms with Gasteiger partial charge in [-0.15, -0.1) is 0 Å². The van der Waals surface area contributed by atoms with Crippen LogP contribution >= 0.6 is 0 Å². The maximum atomic E-state index is 12.8. The number of likely N-dealkylation sites (tertiary alicyclic amines) is 1. The van der Waals surface area contributed by atoms with Gasteiger partial charge in [0, 0.05) is 37.1 Å². The Balaban J connectivity index is 1.32. The summed E-state index contributed by atoms with van der Waals surface area (Å²) in [4.78, 5) is 23.3. The van der Waals surface area contributed by atoms with Crippen LogP contribution in [0.3, 0.4) is 0 Å². The average molecular weight is 379 g/mol. The van der Waals surface area contributed by atoms with Crippen LogP contribution in [-0.2, 0) is 13.1 Å². The molecule has 0 bridgehead atoms. The number of imidazole rings is 1. The molecule has 3 aromatic rings. The lowest BCUT2D eigenvalue weighted by molar-refractivity contribution is 0.143. The van der Waals surface area contributed by atoms with Crippen molar-refractivity contribution in [3.8, 4) is 11.5 Å². The molecule has 1 fully saturated rings. The standard InChI is InChI=1S/C21H25N5O2/c27-21(23-14-18-15-28-20(24-18)17-6-2-1-3-7-17)26-11-5-4-8-19(26)9-12-25-13-10-22-16-25/h1-3,6-7,10,13,15-16,19H,4-5,8-9,11-12,14H2,(H,23,27)/t19-/m0/s1. The number of carbonyl (C=O) groups is 1. The Kier molecular flexibility index (Phi) is 5.70. The Morgan fingerprint density at radius 2 is 2.14 bits per heavy atom. The van der Waals surface area contributed by atoms with Gasteiger partial charge in [-0.25, -0.2) is 14.8 Å². The van der Waals surface area contributed by atoms with Gasteiger partial charge in [-0.1, -0.05) is 18.2 Å². The maximum Gasteiger partial charge on any atom is 0.317 e. The lowest BCUT2D eigenvalue weighted by Gasteiger charge is -2.35. The molecule has 1 aliphatic heterocycles. The highest BCUT2D eigenvalue weighted by atomic mass is 16.3. The first-order valence-corrected chi connectivity index (χ1v) is 9.79. The molecular weight excluding hydrogens is 354 g/mol. The van der Waals surface area contributed by atoms with Gasteiger partial charge in [-0.05, 0) is 37.8 Å². The fraction of sp³-hybridized carbons (Fsp3) is 0.381. The number of nitrogens with one attached hydrogen (secondary N) is 1. The SMILES string of the molecule is O=C(NCc1coc(-c2ccccc2)n1)N1CCCC[C@H]1CCn1ccnc1. The van der Waals surface area contributed by atoms with Crippen LogP contribution in [0.4, 0.5) is 4.79 Å². The minimum atomic E-state index is -0.0282. The Morgan fingerprint density at radius 3 is 2.96 bits per heavy atom. The van der Waals surface area contributed by atoms with E-state index in [0.717, 1.165) is 43.6 Å². The van der Waals surface area contributed by atoms with E-state index in [2.05, 4.69) is 19.9 Å². The van der Waals surface area contributed by atoms with Crippen molar-refractivity contribution in [3.05, 3.63) is 61.0 Å². The zero-order valence-corrected chi connectivity index (χ0v) is 15.8.